The fourth-order valence-corrected chi connectivity index (χ4v) is 5.55. The van der Waals surface area contributed by atoms with E-state index in [0.717, 1.165) is 57.3 Å². The molecule has 0 bridgehead atoms. The van der Waals surface area contributed by atoms with Gasteiger partial charge < -0.3 is 4.74 Å². The molecule has 0 aromatic heterocycles. The van der Waals surface area contributed by atoms with Crippen LogP contribution in [0, 0.1) is 28.6 Å². The van der Waals surface area contributed by atoms with E-state index in [1.807, 2.05) is 0 Å². The first kappa shape index (κ1) is 25.2. The second-order valence-corrected chi connectivity index (χ2v) is 10.3. The summed E-state index contributed by atoms with van der Waals surface area (Å²) in [7, 11) is 0. The van der Waals surface area contributed by atoms with Gasteiger partial charge in [0.1, 0.15) is 6.10 Å². The van der Waals surface area contributed by atoms with Gasteiger partial charge in [0, 0.05) is 0 Å². The second kappa shape index (κ2) is 14.1. The number of unbranched alkanes of at least 4 members (excludes halogenated alkanes) is 7. The quantitative estimate of drug-likeness (QED) is 0.224. The van der Waals surface area contributed by atoms with Crippen molar-refractivity contribution < 1.29 is 9.53 Å². The average Bonchev–Trinajstić information content (AvgIpc) is 2.78. The van der Waals surface area contributed by atoms with Gasteiger partial charge in [0.15, 0.2) is 0 Å². The Kier molecular flexibility index (Phi) is 11.9. The minimum Gasteiger partial charge on any atom is -0.462 e. The van der Waals surface area contributed by atoms with Crippen LogP contribution in [0.15, 0.2) is 0 Å². The third kappa shape index (κ3) is 8.60. The Hall–Kier alpha value is -1.04. The first-order valence-electron chi connectivity index (χ1n) is 13.2. The molecule has 0 radical (unpaired) electrons. The molecule has 0 heterocycles. The molecule has 2 aliphatic rings. The number of hydrogen-bond donors (Lipinski definition) is 0. The van der Waals surface area contributed by atoms with Crippen LogP contribution in [-0.2, 0) is 9.53 Å². The van der Waals surface area contributed by atoms with Crippen molar-refractivity contribution in [1.82, 2.24) is 0 Å². The minimum absolute atomic E-state index is 0.0236. The van der Waals surface area contributed by atoms with Gasteiger partial charge in [-0.1, -0.05) is 78.1 Å². The van der Waals surface area contributed by atoms with Gasteiger partial charge in [-0.2, -0.15) is 5.26 Å². The van der Waals surface area contributed by atoms with Crippen molar-refractivity contribution in [3.8, 4) is 6.07 Å². The average molecular weight is 418 g/mol. The summed E-state index contributed by atoms with van der Waals surface area (Å²) in [6.07, 6.45) is 22.2. The molecule has 0 aromatic rings. The number of nitriles is 1. The summed E-state index contributed by atoms with van der Waals surface area (Å²) >= 11 is 0. The maximum Gasteiger partial charge on any atom is 0.309 e. The van der Waals surface area contributed by atoms with Crippen molar-refractivity contribution in [2.24, 2.45) is 17.3 Å². The summed E-state index contributed by atoms with van der Waals surface area (Å²) in [6, 6.07) is 2.62. The molecule has 3 nitrogen and oxygen atoms in total. The van der Waals surface area contributed by atoms with Crippen LogP contribution in [0.5, 0.6) is 0 Å². The van der Waals surface area contributed by atoms with Crippen LogP contribution in [0.4, 0.5) is 0 Å². The van der Waals surface area contributed by atoms with Gasteiger partial charge in [-0.15, -0.1) is 0 Å². The number of esters is 1. The molecule has 2 fully saturated rings. The SMILES string of the molecule is CCCCCCCC1CCC(OC(=O)[C@H]2CC[C@@](C#N)(CCCCCC)CC2)CC1. The number of hydrogen-bond acceptors (Lipinski definition) is 3. The molecule has 0 spiro atoms. The molecule has 172 valence electrons. The smallest absolute Gasteiger partial charge is 0.309 e. The van der Waals surface area contributed by atoms with Crippen LogP contribution in [-0.4, -0.2) is 12.1 Å². The topological polar surface area (TPSA) is 50.1 Å². The molecule has 0 saturated heterocycles. The van der Waals surface area contributed by atoms with Crippen LogP contribution in [0.2, 0.25) is 0 Å². The van der Waals surface area contributed by atoms with Crippen LogP contribution < -0.4 is 0 Å². The number of ether oxygens (including phenoxy) is 1. The van der Waals surface area contributed by atoms with Gasteiger partial charge in [-0.25, -0.2) is 0 Å². The van der Waals surface area contributed by atoms with Crippen LogP contribution in [0.3, 0.4) is 0 Å². The highest BCUT2D eigenvalue weighted by Crippen LogP contribution is 2.43. The van der Waals surface area contributed by atoms with Gasteiger partial charge in [-0.05, 0) is 63.7 Å². The van der Waals surface area contributed by atoms with E-state index >= 15 is 0 Å². The number of rotatable bonds is 13. The molecule has 0 N–H and O–H groups in total. The lowest BCUT2D eigenvalue weighted by molar-refractivity contribution is -0.157. The highest BCUT2D eigenvalue weighted by atomic mass is 16.5. The summed E-state index contributed by atoms with van der Waals surface area (Å²) in [5, 5.41) is 9.75. The van der Waals surface area contributed by atoms with E-state index in [9.17, 15) is 10.1 Å². The predicted octanol–water partition coefficient (Wildman–Crippen LogP) is 8.12. The standard InChI is InChI=1S/C27H47NO2/c1-3-5-7-9-10-12-23-13-15-25(16-14-23)30-26(29)24-17-20-27(22-28,21-18-24)19-11-8-6-4-2/h23-25H,3-21H2,1-2H3/t23?,24-,25?,27-. The molecule has 0 aromatic carbocycles. The molecule has 3 heteroatoms. The minimum atomic E-state index is -0.181. The summed E-state index contributed by atoms with van der Waals surface area (Å²) in [6.45, 7) is 4.49. The third-order valence-corrected chi connectivity index (χ3v) is 7.81. The molecule has 2 rings (SSSR count). The Morgan fingerprint density at radius 1 is 0.867 bits per heavy atom. The molecule has 0 atom stereocenters. The third-order valence-electron chi connectivity index (χ3n) is 7.81. The van der Waals surface area contributed by atoms with Crippen LogP contribution in [0.25, 0.3) is 0 Å². The van der Waals surface area contributed by atoms with Gasteiger partial charge in [-0.3, -0.25) is 4.79 Å². The highest BCUT2D eigenvalue weighted by molar-refractivity contribution is 5.72. The van der Waals surface area contributed by atoms with E-state index in [1.54, 1.807) is 0 Å². The predicted molar refractivity (Wildman–Crippen MR) is 124 cm³/mol. The highest BCUT2D eigenvalue weighted by Gasteiger charge is 2.38. The Labute approximate surface area is 186 Å². The molecule has 0 amide bonds. The van der Waals surface area contributed by atoms with Crippen molar-refractivity contribution in [2.45, 2.75) is 142 Å². The van der Waals surface area contributed by atoms with Crippen molar-refractivity contribution in [2.75, 3.05) is 0 Å². The van der Waals surface area contributed by atoms with Gasteiger partial charge in [0.05, 0.1) is 17.4 Å². The summed E-state index contributed by atoms with van der Waals surface area (Å²) in [5.41, 5.74) is -0.181. The normalized spacial score (nSPS) is 29.3. The van der Waals surface area contributed by atoms with E-state index in [2.05, 4.69) is 19.9 Å². The van der Waals surface area contributed by atoms with Crippen molar-refractivity contribution >= 4 is 5.97 Å². The maximum absolute atomic E-state index is 12.7. The van der Waals surface area contributed by atoms with E-state index in [1.165, 1.54) is 70.6 Å². The van der Waals surface area contributed by atoms with Gasteiger partial charge in [0.25, 0.3) is 0 Å². The number of carbonyl (C=O) groups is 1. The van der Waals surface area contributed by atoms with E-state index < -0.39 is 0 Å². The Bertz CT molecular complexity index is 507. The monoisotopic (exact) mass is 417 g/mol. The molecule has 2 saturated carbocycles. The van der Waals surface area contributed by atoms with Crippen LogP contribution >= 0.6 is 0 Å². The van der Waals surface area contributed by atoms with Gasteiger partial charge in [0.2, 0.25) is 0 Å². The molecule has 0 aliphatic heterocycles. The lowest BCUT2D eigenvalue weighted by atomic mass is 9.69. The summed E-state index contributed by atoms with van der Waals surface area (Å²) in [4.78, 5) is 12.7. The zero-order chi connectivity index (χ0) is 21.7. The van der Waals surface area contributed by atoms with E-state index in [-0.39, 0.29) is 23.4 Å². The van der Waals surface area contributed by atoms with Crippen molar-refractivity contribution in [1.29, 1.82) is 5.26 Å². The first-order valence-corrected chi connectivity index (χ1v) is 13.2. The number of carbonyl (C=O) groups excluding carboxylic acids is 1. The van der Waals surface area contributed by atoms with E-state index in [4.69, 9.17) is 4.74 Å². The molecule has 0 unspecified atom stereocenters. The zero-order valence-corrected chi connectivity index (χ0v) is 19.9. The fraction of sp³-hybridized carbons (Fsp3) is 0.926. The van der Waals surface area contributed by atoms with Crippen molar-refractivity contribution in [3.63, 3.8) is 0 Å². The van der Waals surface area contributed by atoms with Gasteiger partial charge >= 0.3 is 5.97 Å². The molecule has 30 heavy (non-hydrogen) atoms. The lowest BCUT2D eigenvalue weighted by Gasteiger charge is -2.35. The van der Waals surface area contributed by atoms with E-state index in [0.29, 0.717) is 0 Å². The summed E-state index contributed by atoms with van der Waals surface area (Å²) in [5.74, 6) is 0.897. The Balaban J connectivity index is 1.62. The zero-order valence-electron chi connectivity index (χ0n) is 19.9. The molecule has 2 aliphatic carbocycles. The van der Waals surface area contributed by atoms with Crippen molar-refractivity contribution in [3.05, 3.63) is 0 Å². The largest absolute Gasteiger partial charge is 0.462 e. The first-order chi connectivity index (χ1) is 14.6. The second-order valence-electron chi connectivity index (χ2n) is 10.3. The summed E-state index contributed by atoms with van der Waals surface area (Å²) < 4.78 is 5.93. The Morgan fingerprint density at radius 3 is 2.07 bits per heavy atom. The fourth-order valence-electron chi connectivity index (χ4n) is 5.55. The van der Waals surface area contributed by atoms with Crippen LogP contribution in [0.1, 0.15) is 136 Å². The number of nitrogens with zero attached hydrogens (tertiary/aromatic N) is 1. The molecular formula is C27H47NO2. The maximum atomic E-state index is 12.7. The molecular weight excluding hydrogens is 370 g/mol. The lowest BCUT2D eigenvalue weighted by Crippen LogP contribution is -2.33. The Morgan fingerprint density at radius 2 is 1.47 bits per heavy atom.